The lowest BCUT2D eigenvalue weighted by Gasteiger charge is -2.21. The second-order valence-corrected chi connectivity index (χ2v) is 5.96. The van der Waals surface area contributed by atoms with E-state index in [2.05, 4.69) is 44.5 Å². The number of hydrogen-bond acceptors (Lipinski definition) is 5. The number of nitrogens with one attached hydrogen (secondary N) is 1. The number of aromatic nitrogens is 3. The molecule has 128 valence electrons. The van der Waals surface area contributed by atoms with Gasteiger partial charge in [-0.1, -0.05) is 41.9 Å². The third-order valence-corrected chi connectivity index (χ3v) is 4.07. The predicted octanol–water partition coefficient (Wildman–Crippen LogP) is 4.34. The van der Waals surface area contributed by atoms with Crippen LogP contribution in [-0.2, 0) is 6.42 Å². The lowest BCUT2D eigenvalue weighted by Crippen LogP contribution is -2.19. The fourth-order valence-electron chi connectivity index (χ4n) is 2.55. The first-order chi connectivity index (χ1) is 12.3. The first-order valence-electron chi connectivity index (χ1n) is 8.27. The molecule has 0 radical (unpaired) electrons. The van der Waals surface area contributed by atoms with Gasteiger partial charge in [-0.25, -0.2) is 0 Å². The lowest BCUT2D eigenvalue weighted by molar-refractivity contribution is 0.896. The largest absolute Gasteiger partial charge is 0.353 e. The number of anilines is 3. The third kappa shape index (κ3) is 4.67. The van der Waals surface area contributed by atoms with Crippen LogP contribution in [0.3, 0.4) is 0 Å². The van der Waals surface area contributed by atoms with Gasteiger partial charge in [0.2, 0.25) is 5.95 Å². The van der Waals surface area contributed by atoms with Crippen LogP contribution in [0.2, 0.25) is 5.02 Å². The molecule has 5 nitrogen and oxygen atoms in total. The van der Waals surface area contributed by atoms with Gasteiger partial charge in [0, 0.05) is 23.8 Å². The van der Waals surface area contributed by atoms with E-state index in [1.54, 1.807) is 6.20 Å². The van der Waals surface area contributed by atoms with Crippen molar-refractivity contribution in [2.45, 2.75) is 13.3 Å². The Labute approximate surface area is 152 Å². The Balaban J connectivity index is 1.65. The second-order valence-electron chi connectivity index (χ2n) is 5.52. The van der Waals surface area contributed by atoms with Gasteiger partial charge in [0.15, 0.2) is 5.82 Å². The van der Waals surface area contributed by atoms with E-state index in [9.17, 15) is 0 Å². The van der Waals surface area contributed by atoms with Crippen molar-refractivity contribution in [2.75, 3.05) is 23.3 Å². The van der Waals surface area contributed by atoms with E-state index in [-0.39, 0.29) is 0 Å². The van der Waals surface area contributed by atoms with Crippen LogP contribution in [0.15, 0.2) is 60.8 Å². The van der Waals surface area contributed by atoms with Crippen molar-refractivity contribution in [1.29, 1.82) is 0 Å². The molecule has 1 aromatic heterocycles. The van der Waals surface area contributed by atoms with Crippen LogP contribution >= 0.6 is 11.6 Å². The summed E-state index contributed by atoms with van der Waals surface area (Å²) in [6.45, 7) is 3.61. The minimum absolute atomic E-state index is 0.529. The maximum atomic E-state index is 5.90. The van der Waals surface area contributed by atoms with E-state index in [4.69, 9.17) is 11.6 Å². The number of hydrogen-bond donors (Lipinski definition) is 1. The van der Waals surface area contributed by atoms with Gasteiger partial charge < -0.3 is 10.2 Å². The Morgan fingerprint density at radius 3 is 2.52 bits per heavy atom. The summed E-state index contributed by atoms with van der Waals surface area (Å²) >= 11 is 5.90. The maximum Gasteiger partial charge on any atom is 0.244 e. The van der Waals surface area contributed by atoms with Crippen molar-refractivity contribution in [3.8, 4) is 0 Å². The summed E-state index contributed by atoms with van der Waals surface area (Å²) in [5, 5.41) is 12.1. The molecule has 3 rings (SSSR count). The molecule has 0 aliphatic carbocycles. The van der Waals surface area contributed by atoms with Crippen LogP contribution < -0.4 is 10.2 Å². The zero-order valence-corrected chi connectivity index (χ0v) is 14.8. The Kier molecular flexibility index (Phi) is 5.80. The van der Waals surface area contributed by atoms with Crippen LogP contribution in [-0.4, -0.2) is 28.3 Å². The summed E-state index contributed by atoms with van der Waals surface area (Å²) in [6, 6.07) is 18.0. The van der Waals surface area contributed by atoms with Gasteiger partial charge in [-0.15, -0.1) is 5.10 Å². The molecule has 0 spiro atoms. The van der Waals surface area contributed by atoms with Gasteiger partial charge in [-0.2, -0.15) is 10.1 Å². The average molecular weight is 354 g/mol. The van der Waals surface area contributed by atoms with Crippen molar-refractivity contribution < 1.29 is 0 Å². The highest BCUT2D eigenvalue weighted by atomic mass is 35.5. The molecule has 0 unspecified atom stereocenters. The van der Waals surface area contributed by atoms with Crippen molar-refractivity contribution in [3.63, 3.8) is 0 Å². The van der Waals surface area contributed by atoms with Crippen LogP contribution in [0.5, 0.6) is 0 Å². The number of para-hydroxylation sites is 1. The first-order valence-corrected chi connectivity index (χ1v) is 8.64. The summed E-state index contributed by atoms with van der Waals surface area (Å²) in [4.78, 5) is 6.68. The molecule has 0 atom stereocenters. The first kappa shape index (κ1) is 17.2. The van der Waals surface area contributed by atoms with Gasteiger partial charge in [0.25, 0.3) is 0 Å². The predicted molar refractivity (Wildman–Crippen MR) is 103 cm³/mol. The van der Waals surface area contributed by atoms with Crippen LogP contribution in [0.25, 0.3) is 0 Å². The number of halogens is 1. The SMILES string of the molecule is CCN(c1ccccc1)c1cnnc(NCCc2ccc(Cl)cc2)n1. The smallest absolute Gasteiger partial charge is 0.244 e. The summed E-state index contributed by atoms with van der Waals surface area (Å²) in [5.41, 5.74) is 2.29. The van der Waals surface area contributed by atoms with Gasteiger partial charge in [0.05, 0.1) is 6.20 Å². The van der Waals surface area contributed by atoms with Crippen molar-refractivity contribution >= 4 is 29.1 Å². The van der Waals surface area contributed by atoms with Crippen LogP contribution in [0.4, 0.5) is 17.5 Å². The molecular weight excluding hydrogens is 334 g/mol. The molecule has 0 bridgehead atoms. The number of benzene rings is 2. The highest BCUT2D eigenvalue weighted by Gasteiger charge is 2.10. The summed E-state index contributed by atoms with van der Waals surface area (Å²) in [6.07, 6.45) is 2.54. The van der Waals surface area contributed by atoms with E-state index < -0.39 is 0 Å². The van der Waals surface area contributed by atoms with Crippen LogP contribution in [0, 0.1) is 0 Å². The Morgan fingerprint density at radius 1 is 1.04 bits per heavy atom. The molecule has 2 aromatic carbocycles. The third-order valence-electron chi connectivity index (χ3n) is 3.82. The molecule has 0 amide bonds. The molecule has 0 fully saturated rings. The Bertz CT molecular complexity index is 792. The second kappa shape index (κ2) is 8.44. The molecule has 0 saturated heterocycles. The van der Waals surface area contributed by atoms with E-state index in [0.717, 1.165) is 36.0 Å². The molecule has 25 heavy (non-hydrogen) atoms. The quantitative estimate of drug-likeness (QED) is 0.684. The topological polar surface area (TPSA) is 53.9 Å². The minimum atomic E-state index is 0.529. The highest BCUT2D eigenvalue weighted by Crippen LogP contribution is 2.22. The van der Waals surface area contributed by atoms with Crippen molar-refractivity contribution in [2.24, 2.45) is 0 Å². The Hall–Kier alpha value is -2.66. The molecular formula is C19H20ClN5. The van der Waals surface area contributed by atoms with Gasteiger partial charge in [-0.05, 0) is 43.2 Å². The maximum absolute atomic E-state index is 5.90. The molecule has 0 aliphatic rings. The molecule has 3 aromatic rings. The summed E-state index contributed by atoms with van der Waals surface area (Å²) in [7, 11) is 0. The van der Waals surface area contributed by atoms with E-state index in [0.29, 0.717) is 5.95 Å². The van der Waals surface area contributed by atoms with E-state index in [1.165, 1.54) is 5.56 Å². The molecule has 1 heterocycles. The number of rotatable bonds is 7. The summed E-state index contributed by atoms with van der Waals surface area (Å²) < 4.78 is 0. The zero-order chi connectivity index (χ0) is 17.5. The molecule has 0 saturated carbocycles. The monoisotopic (exact) mass is 353 g/mol. The zero-order valence-electron chi connectivity index (χ0n) is 14.1. The fraction of sp³-hybridized carbons (Fsp3) is 0.211. The molecule has 6 heteroatoms. The normalized spacial score (nSPS) is 10.5. The van der Waals surface area contributed by atoms with E-state index in [1.807, 2.05) is 42.5 Å². The van der Waals surface area contributed by atoms with Gasteiger partial charge >= 0.3 is 0 Å². The average Bonchev–Trinajstić information content (AvgIpc) is 2.65. The van der Waals surface area contributed by atoms with Gasteiger partial charge in [0.1, 0.15) is 0 Å². The van der Waals surface area contributed by atoms with Crippen LogP contribution in [0.1, 0.15) is 12.5 Å². The van der Waals surface area contributed by atoms with E-state index >= 15 is 0 Å². The number of nitrogens with zero attached hydrogens (tertiary/aromatic N) is 4. The minimum Gasteiger partial charge on any atom is -0.353 e. The summed E-state index contributed by atoms with van der Waals surface area (Å²) in [5.74, 6) is 1.30. The Morgan fingerprint density at radius 2 is 1.80 bits per heavy atom. The fourth-order valence-corrected chi connectivity index (χ4v) is 2.68. The molecule has 1 N–H and O–H groups in total. The van der Waals surface area contributed by atoms with Gasteiger partial charge in [-0.3, -0.25) is 0 Å². The standard InChI is InChI=1S/C19H20ClN5/c1-2-25(17-6-4-3-5-7-17)18-14-22-24-19(23-18)21-13-12-15-8-10-16(20)11-9-15/h3-11,14H,2,12-13H2,1H3,(H,21,23,24). The lowest BCUT2D eigenvalue weighted by atomic mass is 10.1. The van der Waals surface area contributed by atoms with Crippen molar-refractivity contribution in [1.82, 2.24) is 15.2 Å². The highest BCUT2D eigenvalue weighted by molar-refractivity contribution is 6.30. The molecule has 0 aliphatic heterocycles. The van der Waals surface area contributed by atoms with Crippen molar-refractivity contribution in [3.05, 3.63) is 71.4 Å².